The summed E-state index contributed by atoms with van der Waals surface area (Å²) < 4.78 is 12.3. The molecule has 0 bridgehead atoms. The van der Waals surface area contributed by atoms with E-state index in [0.29, 0.717) is 19.0 Å². The summed E-state index contributed by atoms with van der Waals surface area (Å²) in [6, 6.07) is 9.55. The second-order valence-electron chi connectivity index (χ2n) is 4.54. The first-order valence-electron chi connectivity index (χ1n) is 6.71. The lowest BCUT2D eigenvalue weighted by atomic mass is 10.2. The largest absolute Gasteiger partial charge is 0.497 e. The third-order valence-electron chi connectivity index (χ3n) is 3.04. The van der Waals surface area contributed by atoms with E-state index >= 15 is 0 Å². The monoisotopic (exact) mass is 286 g/mol. The highest BCUT2D eigenvalue weighted by Crippen LogP contribution is 2.24. The molecule has 1 heterocycles. The van der Waals surface area contributed by atoms with Crippen LogP contribution in [-0.2, 0) is 13.2 Å². The highest BCUT2D eigenvalue weighted by atomic mass is 16.5. The average molecular weight is 286 g/mol. The van der Waals surface area contributed by atoms with Crippen LogP contribution in [0.4, 0.5) is 5.82 Å². The van der Waals surface area contributed by atoms with Gasteiger partial charge in [0.15, 0.2) is 5.56 Å². The molecule has 0 saturated heterocycles. The third kappa shape index (κ3) is 3.26. The Balaban J connectivity index is 2.12. The topological polar surface area (TPSA) is 86.1 Å². The number of rotatable bonds is 6. The minimum absolute atomic E-state index is 0.277. The molecule has 6 nitrogen and oxygen atoms in total. The summed E-state index contributed by atoms with van der Waals surface area (Å²) in [4.78, 5) is 0. The lowest BCUT2D eigenvalue weighted by Crippen LogP contribution is -2.04. The Morgan fingerprint density at radius 2 is 2.05 bits per heavy atom. The molecule has 2 aromatic rings. The summed E-state index contributed by atoms with van der Waals surface area (Å²) >= 11 is 0. The maximum absolute atomic E-state index is 9.17. The van der Waals surface area contributed by atoms with Crippen molar-refractivity contribution in [3.8, 4) is 17.7 Å². The van der Waals surface area contributed by atoms with Crippen molar-refractivity contribution in [1.82, 2.24) is 9.78 Å². The van der Waals surface area contributed by atoms with Crippen LogP contribution in [0, 0.1) is 11.3 Å². The van der Waals surface area contributed by atoms with Crippen molar-refractivity contribution in [1.29, 1.82) is 5.26 Å². The fourth-order valence-corrected chi connectivity index (χ4v) is 1.91. The van der Waals surface area contributed by atoms with E-state index in [1.807, 2.05) is 37.3 Å². The van der Waals surface area contributed by atoms with Crippen LogP contribution >= 0.6 is 0 Å². The Morgan fingerprint density at radius 1 is 1.33 bits per heavy atom. The molecule has 0 radical (unpaired) electrons. The van der Waals surface area contributed by atoms with Gasteiger partial charge in [-0.3, -0.25) is 0 Å². The van der Waals surface area contributed by atoms with Crippen molar-refractivity contribution in [3.63, 3.8) is 0 Å². The number of nitrogens with zero attached hydrogens (tertiary/aromatic N) is 3. The average Bonchev–Trinajstić information content (AvgIpc) is 2.81. The van der Waals surface area contributed by atoms with Crippen LogP contribution in [0.5, 0.6) is 11.6 Å². The van der Waals surface area contributed by atoms with E-state index in [1.165, 1.54) is 0 Å². The molecule has 0 spiro atoms. The highest BCUT2D eigenvalue weighted by molar-refractivity contribution is 5.55. The van der Waals surface area contributed by atoms with E-state index in [0.717, 1.165) is 17.7 Å². The van der Waals surface area contributed by atoms with Crippen molar-refractivity contribution in [2.75, 3.05) is 12.8 Å². The first-order chi connectivity index (χ1) is 10.2. The van der Waals surface area contributed by atoms with E-state index in [2.05, 4.69) is 5.10 Å². The number of ether oxygens (including phenoxy) is 2. The predicted molar refractivity (Wildman–Crippen MR) is 79.0 cm³/mol. The summed E-state index contributed by atoms with van der Waals surface area (Å²) in [5.74, 6) is 1.41. The third-order valence-corrected chi connectivity index (χ3v) is 3.04. The predicted octanol–water partition coefficient (Wildman–Crippen LogP) is 2.33. The van der Waals surface area contributed by atoms with Crippen LogP contribution in [0.1, 0.15) is 24.5 Å². The molecule has 1 aromatic carbocycles. The van der Waals surface area contributed by atoms with Gasteiger partial charge in [0.05, 0.1) is 7.11 Å². The van der Waals surface area contributed by atoms with E-state index < -0.39 is 0 Å². The summed E-state index contributed by atoms with van der Waals surface area (Å²) in [7, 11) is 1.62. The number of nitrogen functional groups attached to an aromatic ring is 1. The summed E-state index contributed by atoms with van der Waals surface area (Å²) in [5.41, 5.74) is 7.14. The van der Waals surface area contributed by atoms with E-state index in [4.69, 9.17) is 20.5 Å². The van der Waals surface area contributed by atoms with Gasteiger partial charge in [-0.05, 0) is 24.1 Å². The molecule has 0 unspecified atom stereocenters. The number of aromatic nitrogens is 2. The Kier molecular flexibility index (Phi) is 4.67. The number of benzene rings is 1. The van der Waals surface area contributed by atoms with Gasteiger partial charge in [-0.15, -0.1) is 5.10 Å². The fraction of sp³-hybridized carbons (Fsp3) is 0.333. The molecule has 0 amide bonds. The zero-order chi connectivity index (χ0) is 15.2. The van der Waals surface area contributed by atoms with Gasteiger partial charge in [-0.2, -0.15) is 5.26 Å². The Labute approximate surface area is 123 Å². The molecule has 0 saturated carbocycles. The number of methoxy groups -OCH3 is 1. The highest BCUT2D eigenvalue weighted by Gasteiger charge is 2.16. The normalized spacial score (nSPS) is 10.1. The van der Waals surface area contributed by atoms with Gasteiger partial charge in [0.2, 0.25) is 0 Å². The van der Waals surface area contributed by atoms with Crippen LogP contribution in [-0.4, -0.2) is 16.9 Å². The number of hydrogen-bond acceptors (Lipinski definition) is 5. The zero-order valence-corrected chi connectivity index (χ0v) is 12.2. The molecule has 0 atom stereocenters. The maximum Gasteiger partial charge on any atom is 0.253 e. The van der Waals surface area contributed by atoms with Gasteiger partial charge in [0.1, 0.15) is 24.2 Å². The molecule has 6 heteroatoms. The first-order valence-corrected chi connectivity index (χ1v) is 6.71. The lowest BCUT2D eigenvalue weighted by Gasteiger charge is -2.04. The molecular weight excluding hydrogens is 268 g/mol. The number of anilines is 1. The second-order valence-corrected chi connectivity index (χ2v) is 4.54. The van der Waals surface area contributed by atoms with Crippen LogP contribution in [0.3, 0.4) is 0 Å². The van der Waals surface area contributed by atoms with Gasteiger partial charge in [0, 0.05) is 6.54 Å². The number of aryl methyl sites for hydroxylation is 1. The minimum Gasteiger partial charge on any atom is -0.497 e. The smallest absolute Gasteiger partial charge is 0.253 e. The minimum atomic E-state index is 0.277. The number of nitriles is 1. The number of nitrogens with two attached hydrogens (primary N) is 1. The quantitative estimate of drug-likeness (QED) is 0.880. The Morgan fingerprint density at radius 3 is 2.62 bits per heavy atom. The molecule has 110 valence electrons. The van der Waals surface area contributed by atoms with Gasteiger partial charge >= 0.3 is 0 Å². The van der Waals surface area contributed by atoms with Gasteiger partial charge < -0.3 is 15.2 Å². The number of hydrogen-bond donors (Lipinski definition) is 1. The fourth-order valence-electron chi connectivity index (χ4n) is 1.91. The SMILES string of the molecule is CCCn1nc(OCc2ccc(OC)cc2)c(C#N)c1N. The van der Waals surface area contributed by atoms with Crippen molar-refractivity contribution < 1.29 is 9.47 Å². The van der Waals surface area contributed by atoms with Crippen molar-refractivity contribution >= 4 is 5.82 Å². The maximum atomic E-state index is 9.17. The van der Waals surface area contributed by atoms with Crippen molar-refractivity contribution in [3.05, 3.63) is 35.4 Å². The van der Waals surface area contributed by atoms with Crippen LogP contribution in [0.2, 0.25) is 0 Å². The molecule has 21 heavy (non-hydrogen) atoms. The van der Waals surface area contributed by atoms with Crippen molar-refractivity contribution in [2.24, 2.45) is 0 Å². The van der Waals surface area contributed by atoms with Gasteiger partial charge in [-0.1, -0.05) is 19.1 Å². The van der Waals surface area contributed by atoms with Crippen LogP contribution in [0.15, 0.2) is 24.3 Å². The first kappa shape index (κ1) is 14.7. The summed E-state index contributed by atoms with van der Waals surface area (Å²) in [6.45, 7) is 3.00. The van der Waals surface area contributed by atoms with Gasteiger partial charge in [0.25, 0.3) is 5.88 Å². The molecule has 2 rings (SSSR count). The van der Waals surface area contributed by atoms with E-state index in [1.54, 1.807) is 11.8 Å². The molecule has 1 aromatic heterocycles. The van der Waals surface area contributed by atoms with Crippen LogP contribution < -0.4 is 15.2 Å². The Hall–Kier alpha value is -2.68. The summed E-state index contributed by atoms with van der Waals surface area (Å²) in [5, 5.41) is 13.4. The van der Waals surface area contributed by atoms with Crippen LogP contribution in [0.25, 0.3) is 0 Å². The second kappa shape index (κ2) is 6.66. The standard InChI is InChI=1S/C15H18N4O2/c1-3-8-19-14(17)13(9-16)15(18-19)21-10-11-4-6-12(20-2)7-5-11/h4-7H,3,8,10,17H2,1-2H3. The van der Waals surface area contributed by atoms with Gasteiger partial charge in [-0.25, -0.2) is 4.68 Å². The molecule has 0 aliphatic heterocycles. The summed E-state index contributed by atoms with van der Waals surface area (Å²) in [6.07, 6.45) is 0.884. The van der Waals surface area contributed by atoms with Crippen molar-refractivity contribution in [2.45, 2.75) is 26.5 Å². The van der Waals surface area contributed by atoms with E-state index in [9.17, 15) is 0 Å². The molecule has 0 aliphatic rings. The lowest BCUT2D eigenvalue weighted by molar-refractivity contribution is 0.288. The molecule has 0 aliphatic carbocycles. The Bertz CT molecular complexity index is 641. The zero-order valence-electron chi connectivity index (χ0n) is 12.2. The molecule has 0 fully saturated rings. The molecule has 2 N–H and O–H groups in total. The van der Waals surface area contributed by atoms with E-state index in [-0.39, 0.29) is 11.4 Å². The molecular formula is C15H18N4O2.